The molecule has 0 aliphatic carbocycles. The summed E-state index contributed by atoms with van der Waals surface area (Å²) in [5.41, 5.74) is 0. The summed E-state index contributed by atoms with van der Waals surface area (Å²) < 4.78 is 10.2. The molecule has 0 aromatic rings. The lowest BCUT2D eigenvalue weighted by Gasteiger charge is -2.37. The Morgan fingerprint density at radius 3 is 2.60 bits per heavy atom. The zero-order valence-corrected chi connectivity index (χ0v) is 13.0. The number of methoxy groups -OCH3 is 1. The number of hydrogen-bond acceptors (Lipinski definition) is 5. The van der Waals surface area contributed by atoms with Crippen LogP contribution in [0.25, 0.3) is 0 Å². The van der Waals surface area contributed by atoms with E-state index in [1.165, 1.54) is 6.42 Å². The summed E-state index contributed by atoms with van der Waals surface area (Å²) in [6, 6.07) is 0.662. The van der Waals surface area contributed by atoms with Gasteiger partial charge in [-0.05, 0) is 13.0 Å². The molecule has 2 fully saturated rings. The molecule has 0 aromatic heterocycles. The molecule has 118 valence electrons. The van der Waals surface area contributed by atoms with Crippen LogP contribution < -0.4 is 5.32 Å². The molecule has 6 nitrogen and oxygen atoms in total. The summed E-state index contributed by atoms with van der Waals surface area (Å²) >= 11 is 0. The van der Waals surface area contributed by atoms with E-state index in [2.05, 4.69) is 10.2 Å². The molecule has 1 atom stereocenters. The van der Waals surface area contributed by atoms with E-state index in [0.717, 1.165) is 39.3 Å². The van der Waals surface area contributed by atoms with Gasteiger partial charge < -0.3 is 19.7 Å². The Morgan fingerprint density at radius 2 is 2.00 bits per heavy atom. The first-order chi connectivity index (χ1) is 9.31. The number of halogens is 1. The monoisotopic (exact) mass is 307 g/mol. The number of nitrogens with zero attached hydrogens (tertiary/aromatic N) is 2. The highest BCUT2D eigenvalue weighted by Crippen LogP contribution is 2.12. The summed E-state index contributed by atoms with van der Waals surface area (Å²) in [6.07, 6.45) is 1.23. The third-order valence-electron chi connectivity index (χ3n) is 3.87. The Labute approximate surface area is 127 Å². The van der Waals surface area contributed by atoms with Gasteiger partial charge in [0.1, 0.15) is 6.61 Å². The molecule has 0 radical (unpaired) electrons. The summed E-state index contributed by atoms with van der Waals surface area (Å²) in [6.45, 7) is 7.02. The minimum atomic E-state index is 0. The van der Waals surface area contributed by atoms with E-state index in [0.29, 0.717) is 19.3 Å². The Hall–Kier alpha value is -0.400. The minimum Gasteiger partial charge on any atom is -0.382 e. The molecule has 0 saturated carbocycles. The van der Waals surface area contributed by atoms with Gasteiger partial charge in [0.15, 0.2) is 0 Å². The van der Waals surface area contributed by atoms with Gasteiger partial charge in [-0.15, -0.1) is 12.4 Å². The first-order valence-electron chi connectivity index (χ1n) is 7.10. The van der Waals surface area contributed by atoms with Gasteiger partial charge in [0.05, 0.1) is 13.2 Å². The van der Waals surface area contributed by atoms with Crippen molar-refractivity contribution in [2.45, 2.75) is 12.5 Å². The maximum atomic E-state index is 11.9. The smallest absolute Gasteiger partial charge is 0.248 e. The van der Waals surface area contributed by atoms with Crippen LogP contribution in [0.4, 0.5) is 0 Å². The van der Waals surface area contributed by atoms with Crippen molar-refractivity contribution < 1.29 is 14.3 Å². The van der Waals surface area contributed by atoms with Crippen molar-refractivity contribution >= 4 is 18.3 Å². The van der Waals surface area contributed by atoms with Crippen molar-refractivity contribution in [1.29, 1.82) is 0 Å². The summed E-state index contributed by atoms with van der Waals surface area (Å²) in [5, 5.41) is 3.39. The van der Waals surface area contributed by atoms with Gasteiger partial charge in [-0.2, -0.15) is 0 Å². The fourth-order valence-electron chi connectivity index (χ4n) is 2.68. The van der Waals surface area contributed by atoms with Crippen molar-refractivity contribution in [3.05, 3.63) is 0 Å². The van der Waals surface area contributed by atoms with E-state index in [1.807, 2.05) is 4.90 Å². The fraction of sp³-hybridized carbons (Fsp3) is 0.923. The topological polar surface area (TPSA) is 54.0 Å². The second-order valence-electron chi connectivity index (χ2n) is 5.11. The molecule has 2 aliphatic rings. The number of piperazine rings is 1. The normalized spacial score (nSPS) is 23.6. The van der Waals surface area contributed by atoms with E-state index < -0.39 is 0 Å². The van der Waals surface area contributed by atoms with Crippen molar-refractivity contribution in [3.8, 4) is 0 Å². The number of amides is 1. The molecule has 0 spiro atoms. The highest BCUT2D eigenvalue weighted by Gasteiger charge is 2.27. The average molecular weight is 308 g/mol. The first-order valence-corrected chi connectivity index (χ1v) is 7.10. The van der Waals surface area contributed by atoms with Crippen molar-refractivity contribution in [2.24, 2.45) is 0 Å². The van der Waals surface area contributed by atoms with Crippen LogP contribution in [-0.2, 0) is 14.3 Å². The molecule has 20 heavy (non-hydrogen) atoms. The van der Waals surface area contributed by atoms with Crippen LogP contribution in [0.5, 0.6) is 0 Å². The summed E-state index contributed by atoms with van der Waals surface area (Å²) in [5.74, 6) is 0.0975. The van der Waals surface area contributed by atoms with Crippen LogP contribution >= 0.6 is 12.4 Å². The van der Waals surface area contributed by atoms with Gasteiger partial charge in [-0.25, -0.2) is 0 Å². The molecule has 0 bridgehead atoms. The van der Waals surface area contributed by atoms with Gasteiger partial charge in [0, 0.05) is 45.9 Å². The number of carbonyl (C=O) groups excluding carboxylic acids is 1. The summed E-state index contributed by atoms with van der Waals surface area (Å²) in [4.78, 5) is 16.3. The lowest BCUT2D eigenvalue weighted by molar-refractivity contribution is -0.138. The number of ether oxygens (including phenoxy) is 2. The third kappa shape index (κ3) is 5.18. The molecule has 1 amide bonds. The zero-order chi connectivity index (χ0) is 13.5. The Balaban J connectivity index is 0.00000200. The maximum Gasteiger partial charge on any atom is 0.248 e. The second kappa shape index (κ2) is 9.52. The summed E-state index contributed by atoms with van der Waals surface area (Å²) in [7, 11) is 1.63. The number of rotatable bonds is 6. The van der Waals surface area contributed by atoms with Crippen LogP contribution in [-0.4, -0.2) is 87.9 Å². The minimum absolute atomic E-state index is 0. The van der Waals surface area contributed by atoms with Gasteiger partial charge in [0.2, 0.25) is 5.91 Å². The van der Waals surface area contributed by atoms with Crippen molar-refractivity contribution in [3.63, 3.8) is 0 Å². The largest absolute Gasteiger partial charge is 0.382 e. The molecule has 1 N–H and O–H groups in total. The Kier molecular flexibility index (Phi) is 8.40. The molecule has 2 saturated heterocycles. The highest BCUT2D eigenvalue weighted by molar-refractivity contribution is 5.85. The zero-order valence-electron chi connectivity index (χ0n) is 12.2. The highest BCUT2D eigenvalue weighted by atomic mass is 35.5. The van der Waals surface area contributed by atoms with Crippen LogP contribution in [0, 0.1) is 0 Å². The quantitative estimate of drug-likeness (QED) is 0.675. The van der Waals surface area contributed by atoms with Crippen molar-refractivity contribution in [2.75, 3.05) is 66.2 Å². The first kappa shape index (κ1) is 17.7. The molecular weight excluding hydrogens is 282 g/mol. The number of nitrogens with one attached hydrogen (secondary N) is 1. The molecular formula is C13H26ClN3O3. The van der Waals surface area contributed by atoms with Gasteiger partial charge in [-0.3, -0.25) is 9.69 Å². The van der Waals surface area contributed by atoms with Crippen LogP contribution in [0.1, 0.15) is 6.42 Å². The molecule has 0 aromatic carbocycles. The third-order valence-corrected chi connectivity index (χ3v) is 3.87. The van der Waals surface area contributed by atoms with Crippen LogP contribution in [0.3, 0.4) is 0 Å². The van der Waals surface area contributed by atoms with E-state index in [9.17, 15) is 4.79 Å². The van der Waals surface area contributed by atoms with E-state index in [4.69, 9.17) is 9.47 Å². The Morgan fingerprint density at radius 1 is 1.25 bits per heavy atom. The molecule has 2 rings (SSSR count). The Bertz CT molecular complexity index is 280. The number of hydrogen-bond donors (Lipinski definition) is 1. The SMILES string of the molecule is COCCOCC(=O)N1CCN(C2CCNC2)CC1.Cl. The van der Waals surface area contributed by atoms with Crippen LogP contribution in [0.15, 0.2) is 0 Å². The maximum absolute atomic E-state index is 11.9. The lowest BCUT2D eigenvalue weighted by Crippen LogP contribution is -2.53. The van der Waals surface area contributed by atoms with Crippen molar-refractivity contribution in [1.82, 2.24) is 15.1 Å². The molecule has 1 unspecified atom stereocenters. The standard InChI is InChI=1S/C13H25N3O3.ClH/c1-18-8-9-19-11-13(17)16-6-4-15(5-7-16)12-2-3-14-10-12;/h12,14H,2-11H2,1H3;1H. The predicted molar refractivity (Wildman–Crippen MR) is 79.4 cm³/mol. The van der Waals surface area contributed by atoms with Gasteiger partial charge in [-0.1, -0.05) is 0 Å². The molecule has 2 aliphatic heterocycles. The van der Waals surface area contributed by atoms with E-state index in [1.54, 1.807) is 7.11 Å². The predicted octanol–water partition coefficient (Wildman–Crippen LogP) is -0.423. The lowest BCUT2D eigenvalue weighted by atomic mass is 10.2. The number of carbonyl (C=O) groups is 1. The van der Waals surface area contributed by atoms with Gasteiger partial charge >= 0.3 is 0 Å². The second-order valence-corrected chi connectivity index (χ2v) is 5.11. The van der Waals surface area contributed by atoms with Crippen LogP contribution in [0.2, 0.25) is 0 Å². The molecule has 7 heteroatoms. The van der Waals surface area contributed by atoms with E-state index >= 15 is 0 Å². The molecule has 2 heterocycles. The fourth-order valence-corrected chi connectivity index (χ4v) is 2.68. The average Bonchev–Trinajstić information content (AvgIpc) is 2.98. The van der Waals surface area contributed by atoms with Gasteiger partial charge in [0.25, 0.3) is 0 Å². The van der Waals surface area contributed by atoms with E-state index in [-0.39, 0.29) is 24.9 Å².